The number of carboxylic acids is 1. The molecule has 0 aliphatic carbocycles. The number of aliphatic hydroxyl groups excluding tert-OH is 2. The highest BCUT2D eigenvalue weighted by atomic mass is 16.7. The summed E-state index contributed by atoms with van der Waals surface area (Å²) in [7, 11) is 0. The smallest absolute Gasteiger partial charge is 0.335 e. The molecule has 73 heavy (non-hydrogen) atoms. The average molecular weight is 1030 g/mol. The number of hydrogen-bond donors (Lipinski definition) is 3. The molecule has 3 N–H and O–H groups in total. The number of ether oxygens (including phenoxy) is 5. The first kappa shape index (κ1) is 67.4. The number of esters is 3. The summed E-state index contributed by atoms with van der Waals surface area (Å²) in [6.07, 6.45) is 47.8. The normalized spacial score (nSPS) is 18.7. The lowest BCUT2D eigenvalue weighted by Gasteiger charge is -2.40. The number of carbonyl (C=O) groups is 4. The van der Waals surface area contributed by atoms with Crippen LogP contribution in [0, 0.1) is 0 Å². The van der Waals surface area contributed by atoms with Crippen LogP contribution in [0.25, 0.3) is 0 Å². The molecule has 420 valence electrons. The number of hydrogen-bond acceptors (Lipinski definition) is 11. The van der Waals surface area contributed by atoms with Crippen molar-refractivity contribution in [2.45, 2.75) is 289 Å². The minimum absolute atomic E-state index is 0.0239. The second-order valence-corrected chi connectivity index (χ2v) is 19.9. The molecule has 0 aromatic heterocycles. The molecule has 1 fully saturated rings. The van der Waals surface area contributed by atoms with Gasteiger partial charge in [-0.1, -0.05) is 197 Å². The first-order valence-corrected chi connectivity index (χ1v) is 29.3. The van der Waals surface area contributed by atoms with Gasteiger partial charge in [0.1, 0.15) is 18.8 Å². The maximum atomic E-state index is 13.1. The van der Waals surface area contributed by atoms with E-state index in [0.717, 1.165) is 96.3 Å². The van der Waals surface area contributed by atoms with Crippen LogP contribution in [0.15, 0.2) is 60.8 Å². The predicted molar refractivity (Wildman–Crippen MR) is 294 cm³/mol. The zero-order valence-electron chi connectivity index (χ0n) is 46.1. The van der Waals surface area contributed by atoms with E-state index in [1.54, 1.807) is 0 Å². The van der Waals surface area contributed by atoms with E-state index in [0.29, 0.717) is 19.3 Å². The third-order valence-corrected chi connectivity index (χ3v) is 13.0. The summed E-state index contributed by atoms with van der Waals surface area (Å²) in [5.41, 5.74) is 0. The number of aliphatic hydroxyl groups is 2. The Hall–Kier alpha value is -3.58. The quantitative estimate of drug-likeness (QED) is 0.0228. The molecule has 0 amide bonds. The molecule has 0 saturated carbocycles. The first-order chi connectivity index (χ1) is 35.6. The lowest BCUT2D eigenvalue weighted by Crippen LogP contribution is -2.61. The number of allylic oxidation sites excluding steroid dienone is 10. The average Bonchev–Trinajstić information content (AvgIpc) is 3.37. The second-order valence-electron chi connectivity index (χ2n) is 19.9. The molecule has 1 saturated heterocycles. The molecule has 0 aromatic carbocycles. The molecule has 0 spiro atoms. The molecule has 1 aliphatic rings. The van der Waals surface area contributed by atoms with Gasteiger partial charge in [0, 0.05) is 19.3 Å². The van der Waals surface area contributed by atoms with Gasteiger partial charge in [0.15, 0.2) is 24.6 Å². The number of aliphatic carboxylic acids is 1. The largest absolute Gasteiger partial charge is 0.479 e. The van der Waals surface area contributed by atoms with Gasteiger partial charge in [-0.3, -0.25) is 14.4 Å². The first-order valence-electron chi connectivity index (χ1n) is 29.3. The Morgan fingerprint density at radius 1 is 0.466 bits per heavy atom. The molecule has 1 rings (SSSR count). The third-order valence-electron chi connectivity index (χ3n) is 13.0. The van der Waals surface area contributed by atoms with Gasteiger partial charge in [-0.15, -0.1) is 0 Å². The zero-order chi connectivity index (χ0) is 53.3. The summed E-state index contributed by atoms with van der Waals surface area (Å²) in [4.78, 5) is 51.0. The maximum Gasteiger partial charge on any atom is 0.335 e. The molecule has 12 nitrogen and oxygen atoms in total. The topological polar surface area (TPSA) is 175 Å². The standard InChI is InChI=1S/C61H104O12/c1-4-7-10-13-16-19-22-24-25-26-27-28-29-31-33-35-38-41-44-47-53(62)69-50-52(71-54(63)48-45-42-39-36-32-21-18-15-12-9-6-3)51-70-61-59(57(66)56(65)58(73-61)60(67)68)72-55(64)49-46-43-40-37-34-30-23-20-17-14-11-8-5-2/h8,11,15,17-18,20,24-25,30,34,52,56-59,61,65-66H,4-7,9-10,12-14,16,19,21-23,26-29,31-33,35-51H2,1-3H3,(H,67,68)/b11-8-,18-15-,20-17-,25-24-,34-30-. The molecular formula is C61H104O12. The summed E-state index contributed by atoms with van der Waals surface area (Å²) in [5.74, 6) is -3.17. The molecular weight excluding hydrogens is 925 g/mol. The van der Waals surface area contributed by atoms with Crippen LogP contribution >= 0.6 is 0 Å². The van der Waals surface area contributed by atoms with E-state index < -0.39 is 67.3 Å². The highest BCUT2D eigenvalue weighted by Crippen LogP contribution is 2.26. The van der Waals surface area contributed by atoms with Gasteiger partial charge in [-0.05, 0) is 96.3 Å². The lowest BCUT2D eigenvalue weighted by molar-refractivity contribution is -0.301. The predicted octanol–water partition coefficient (Wildman–Crippen LogP) is 14.8. The fourth-order valence-corrected chi connectivity index (χ4v) is 8.53. The highest BCUT2D eigenvalue weighted by molar-refractivity contribution is 5.74. The van der Waals surface area contributed by atoms with E-state index >= 15 is 0 Å². The minimum Gasteiger partial charge on any atom is -0.479 e. The van der Waals surface area contributed by atoms with Gasteiger partial charge in [0.2, 0.25) is 0 Å². The Morgan fingerprint density at radius 2 is 0.877 bits per heavy atom. The van der Waals surface area contributed by atoms with Gasteiger partial charge >= 0.3 is 23.9 Å². The van der Waals surface area contributed by atoms with Crippen molar-refractivity contribution in [2.24, 2.45) is 0 Å². The van der Waals surface area contributed by atoms with Crippen LogP contribution in [-0.2, 0) is 42.9 Å². The second kappa shape index (κ2) is 49.3. The van der Waals surface area contributed by atoms with Gasteiger partial charge in [0.05, 0.1) is 6.61 Å². The fourth-order valence-electron chi connectivity index (χ4n) is 8.53. The Morgan fingerprint density at radius 3 is 1.38 bits per heavy atom. The number of unbranched alkanes of at least 4 members (excludes halogenated alkanes) is 25. The lowest BCUT2D eigenvalue weighted by atomic mass is 9.98. The van der Waals surface area contributed by atoms with E-state index in [1.165, 1.54) is 96.3 Å². The van der Waals surface area contributed by atoms with E-state index in [-0.39, 0.29) is 25.9 Å². The Balaban J connectivity index is 2.67. The van der Waals surface area contributed by atoms with E-state index in [9.17, 15) is 34.5 Å². The van der Waals surface area contributed by atoms with Crippen LogP contribution in [0.2, 0.25) is 0 Å². The van der Waals surface area contributed by atoms with Crippen LogP contribution in [0.1, 0.15) is 252 Å². The van der Waals surface area contributed by atoms with Crippen LogP contribution in [0.5, 0.6) is 0 Å². The Kier molecular flexibility index (Phi) is 45.5. The fraction of sp³-hybridized carbons (Fsp3) is 0.770. The van der Waals surface area contributed by atoms with Crippen molar-refractivity contribution < 1.29 is 58.2 Å². The molecule has 0 radical (unpaired) electrons. The van der Waals surface area contributed by atoms with Gasteiger partial charge < -0.3 is 39.0 Å². The summed E-state index contributed by atoms with van der Waals surface area (Å²) in [5, 5.41) is 31.4. The third kappa shape index (κ3) is 39.5. The summed E-state index contributed by atoms with van der Waals surface area (Å²) in [6, 6.07) is 0. The molecule has 12 heteroatoms. The van der Waals surface area contributed by atoms with Gasteiger partial charge in [-0.2, -0.15) is 0 Å². The Bertz CT molecular complexity index is 1500. The monoisotopic (exact) mass is 1030 g/mol. The van der Waals surface area contributed by atoms with Crippen molar-refractivity contribution in [2.75, 3.05) is 13.2 Å². The van der Waals surface area contributed by atoms with Crippen molar-refractivity contribution >= 4 is 23.9 Å². The molecule has 1 heterocycles. The summed E-state index contributed by atoms with van der Waals surface area (Å²) in [6.45, 7) is 5.81. The molecule has 6 atom stereocenters. The number of carboxylic acid groups (broad SMARTS) is 1. The highest BCUT2D eigenvalue weighted by Gasteiger charge is 2.50. The van der Waals surface area contributed by atoms with Crippen molar-refractivity contribution in [1.82, 2.24) is 0 Å². The van der Waals surface area contributed by atoms with Crippen LogP contribution < -0.4 is 0 Å². The van der Waals surface area contributed by atoms with Gasteiger partial charge in [0.25, 0.3) is 0 Å². The van der Waals surface area contributed by atoms with Crippen LogP contribution in [0.4, 0.5) is 0 Å². The van der Waals surface area contributed by atoms with Crippen molar-refractivity contribution in [1.29, 1.82) is 0 Å². The minimum atomic E-state index is -1.91. The van der Waals surface area contributed by atoms with Crippen molar-refractivity contribution in [3.05, 3.63) is 60.8 Å². The van der Waals surface area contributed by atoms with Crippen LogP contribution in [0.3, 0.4) is 0 Å². The van der Waals surface area contributed by atoms with Gasteiger partial charge in [-0.25, -0.2) is 4.79 Å². The van der Waals surface area contributed by atoms with Crippen LogP contribution in [-0.4, -0.2) is 89.2 Å². The van der Waals surface area contributed by atoms with E-state index in [1.807, 2.05) is 0 Å². The van der Waals surface area contributed by atoms with Crippen molar-refractivity contribution in [3.8, 4) is 0 Å². The SMILES string of the molecule is CC/C=C\C/C=C\C/C=C\CCCCCC(=O)OC1C(OCC(COC(=O)CCCCCCCCCCC/C=C\CCCCCCCC)OC(=O)CCCCCCC/C=C\CCCC)OC(C(=O)O)C(O)C1O. The van der Waals surface area contributed by atoms with E-state index in [4.69, 9.17) is 23.7 Å². The summed E-state index contributed by atoms with van der Waals surface area (Å²) < 4.78 is 28.3. The van der Waals surface area contributed by atoms with Crippen molar-refractivity contribution in [3.63, 3.8) is 0 Å². The zero-order valence-corrected chi connectivity index (χ0v) is 46.1. The number of rotatable bonds is 49. The number of carbonyl (C=O) groups excluding carboxylic acids is 3. The molecule has 1 aliphatic heterocycles. The van der Waals surface area contributed by atoms with E-state index in [2.05, 4.69) is 81.5 Å². The molecule has 6 unspecified atom stereocenters. The molecule has 0 bridgehead atoms. The molecule has 0 aromatic rings. The summed E-state index contributed by atoms with van der Waals surface area (Å²) >= 11 is 0. The maximum absolute atomic E-state index is 13.1. The Labute approximate surface area is 443 Å².